The minimum atomic E-state index is -3.49. The number of rotatable bonds is 7. The van der Waals surface area contributed by atoms with E-state index in [4.69, 9.17) is 0 Å². The van der Waals surface area contributed by atoms with Crippen LogP contribution in [0.4, 0.5) is 0 Å². The second-order valence-corrected chi connectivity index (χ2v) is 9.01. The van der Waals surface area contributed by atoms with Crippen LogP contribution in [0.15, 0.2) is 28.6 Å². The molecule has 0 atom stereocenters. The molecule has 1 fully saturated rings. The van der Waals surface area contributed by atoms with Crippen molar-refractivity contribution in [1.29, 1.82) is 0 Å². The summed E-state index contributed by atoms with van der Waals surface area (Å²) in [7, 11) is -3.49. The Balaban J connectivity index is 1.48. The SMILES string of the molecule is O=S(=O)(NCCNCC1CCCCCC1)c1cccc2ncsc12. The van der Waals surface area contributed by atoms with Crippen LogP contribution in [0.3, 0.4) is 0 Å². The average Bonchev–Trinajstić information content (AvgIpc) is 2.90. The molecular weight excluding hydrogens is 342 g/mol. The first-order valence-electron chi connectivity index (χ1n) is 8.69. The Bertz CT molecular complexity index is 750. The molecule has 1 aliphatic rings. The molecule has 132 valence electrons. The topological polar surface area (TPSA) is 71.1 Å². The molecule has 0 radical (unpaired) electrons. The maximum atomic E-state index is 12.5. The largest absolute Gasteiger partial charge is 0.315 e. The number of thiazole rings is 1. The summed E-state index contributed by atoms with van der Waals surface area (Å²) >= 11 is 1.36. The summed E-state index contributed by atoms with van der Waals surface area (Å²) < 4.78 is 28.4. The summed E-state index contributed by atoms with van der Waals surface area (Å²) in [5, 5.41) is 3.40. The van der Waals surface area contributed by atoms with E-state index in [0.717, 1.165) is 22.7 Å². The summed E-state index contributed by atoms with van der Waals surface area (Å²) in [5.41, 5.74) is 2.41. The van der Waals surface area contributed by atoms with Crippen molar-refractivity contribution in [1.82, 2.24) is 15.0 Å². The van der Waals surface area contributed by atoms with Gasteiger partial charge in [0.2, 0.25) is 10.0 Å². The van der Waals surface area contributed by atoms with Gasteiger partial charge in [0.15, 0.2) is 0 Å². The van der Waals surface area contributed by atoms with E-state index in [2.05, 4.69) is 15.0 Å². The van der Waals surface area contributed by atoms with Gasteiger partial charge < -0.3 is 5.32 Å². The van der Waals surface area contributed by atoms with E-state index in [0.29, 0.717) is 18.0 Å². The minimum Gasteiger partial charge on any atom is -0.315 e. The predicted octanol–water partition coefficient (Wildman–Crippen LogP) is 3.13. The van der Waals surface area contributed by atoms with E-state index in [1.54, 1.807) is 17.6 Å². The molecule has 0 bridgehead atoms. The molecule has 3 rings (SSSR count). The van der Waals surface area contributed by atoms with Crippen molar-refractivity contribution in [2.24, 2.45) is 5.92 Å². The zero-order valence-corrected chi connectivity index (χ0v) is 15.5. The van der Waals surface area contributed by atoms with E-state index >= 15 is 0 Å². The quantitative estimate of drug-likeness (QED) is 0.583. The van der Waals surface area contributed by atoms with Crippen LogP contribution >= 0.6 is 11.3 Å². The van der Waals surface area contributed by atoms with Gasteiger partial charge in [-0.2, -0.15) is 0 Å². The minimum absolute atomic E-state index is 0.325. The molecule has 1 heterocycles. The molecular formula is C17H25N3O2S2. The fourth-order valence-electron chi connectivity index (χ4n) is 3.30. The summed E-state index contributed by atoms with van der Waals surface area (Å²) in [6, 6.07) is 5.21. The Morgan fingerprint density at radius 2 is 1.92 bits per heavy atom. The zero-order chi connectivity index (χ0) is 16.8. The molecule has 24 heavy (non-hydrogen) atoms. The Labute approximate surface area is 147 Å². The fourth-order valence-corrected chi connectivity index (χ4v) is 5.60. The maximum absolute atomic E-state index is 12.5. The molecule has 2 N–H and O–H groups in total. The molecule has 5 nitrogen and oxygen atoms in total. The van der Waals surface area contributed by atoms with Crippen LogP contribution in [-0.2, 0) is 10.0 Å². The van der Waals surface area contributed by atoms with Crippen molar-refractivity contribution in [2.75, 3.05) is 19.6 Å². The number of hydrogen-bond donors (Lipinski definition) is 2. The first-order chi connectivity index (χ1) is 11.7. The van der Waals surface area contributed by atoms with Gasteiger partial charge in [0.05, 0.1) is 15.7 Å². The highest BCUT2D eigenvalue weighted by Crippen LogP contribution is 2.25. The van der Waals surface area contributed by atoms with E-state index < -0.39 is 10.0 Å². The Hall–Kier alpha value is -1.02. The van der Waals surface area contributed by atoms with Crippen molar-refractivity contribution in [3.63, 3.8) is 0 Å². The van der Waals surface area contributed by atoms with Crippen molar-refractivity contribution < 1.29 is 8.42 Å². The van der Waals surface area contributed by atoms with Crippen molar-refractivity contribution >= 4 is 31.6 Å². The van der Waals surface area contributed by atoms with Gasteiger partial charge in [-0.25, -0.2) is 18.1 Å². The van der Waals surface area contributed by atoms with Gasteiger partial charge in [-0.15, -0.1) is 11.3 Å². The smallest absolute Gasteiger partial charge is 0.242 e. The number of hydrogen-bond acceptors (Lipinski definition) is 5. The summed E-state index contributed by atoms with van der Waals surface area (Å²) in [4.78, 5) is 4.50. The monoisotopic (exact) mass is 367 g/mol. The van der Waals surface area contributed by atoms with Gasteiger partial charge in [-0.1, -0.05) is 31.7 Å². The van der Waals surface area contributed by atoms with Gasteiger partial charge in [-0.3, -0.25) is 0 Å². The molecule has 0 saturated heterocycles. The van der Waals surface area contributed by atoms with Gasteiger partial charge in [0, 0.05) is 13.1 Å². The van der Waals surface area contributed by atoms with E-state index in [1.807, 2.05) is 6.07 Å². The summed E-state index contributed by atoms with van der Waals surface area (Å²) in [6.45, 7) is 2.06. The molecule has 1 aromatic carbocycles. The normalized spacial score (nSPS) is 17.2. The van der Waals surface area contributed by atoms with Crippen LogP contribution in [0.5, 0.6) is 0 Å². The second kappa shape index (κ2) is 8.38. The molecule has 1 aromatic heterocycles. The molecule has 0 unspecified atom stereocenters. The van der Waals surface area contributed by atoms with Gasteiger partial charge >= 0.3 is 0 Å². The lowest BCUT2D eigenvalue weighted by molar-refractivity contribution is 0.427. The highest BCUT2D eigenvalue weighted by atomic mass is 32.2. The van der Waals surface area contributed by atoms with Crippen LogP contribution in [0.25, 0.3) is 10.2 Å². The van der Waals surface area contributed by atoms with Crippen molar-refractivity contribution in [3.8, 4) is 0 Å². The fraction of sp³-hybridized carbons (Fsp3) is 0.588. The average molecular weight is 368 g/mol. The highest BCUT2D eigenvalue weighted by molar-refractivity contribution is 7.90. The highest BCUT2D eigenvalue weighted by Gasteiger charge is 2.18. The number of nitrogens with one attached hydrogen (secondary N) is 2. The molecule has 0 aliphatic heterocycles. The van der Waals surface area contributed by atoms with Crippen LogP contribution in [0, 0.1) is 5.92 Å². The van der Waals surface area contributed by atoms with Crippen LogP contribution in [-0.4, -0.2) is 33.0 Å². The van der Waals surface area contributed by atoms with E-state index in [9.17, 15) is 8.42 Å². The van der Waals surface area contributed by atoms with Gasteiger partial charge in [-0.05, 0) is 37.4 Å². The second-order valence-electron chi connectivity index (χ2n) is 6.42. The van der Waals surface area contributed by atoms with Crippen LogP contribution in [0.2, 0.25) is 0 Å². The van der Waals surface area contributed by atoms with Crippen molar-refractivity contribution in [2.45, 2.75) is 43.4 Å². The number of fused-ring (bicyclic) bond motifs is 1. The number of benzene rings is 1. The molecule has 1 saturated carbocycles. The van der Waals surface area contributed by atoms with E-state index in [-0.39, 0.29) is 0 Å². The zero-order valence-electron chi connectivity index (χ0n) is 13.8. The van der Waals surface area contributed by atoms with Crippen LogP contribution < -0.4 is 10.0 Å². The van der Waals surface area contributed by atoms with E-state index in [1.165, 1.54) is 49.9 Å². The standard InChI is InChI=1S/C17H25N3O2S2/c21-24(22,16-9-5-8-15-17(16)23-13-19-15)20-11-10-18-12-14-6-3-1-2-4-7-14/h5,8-9,13-14,18,20H,1-4,6-7,10-12H2. The summed E-state index contributed by atoms with van der Waals surface area (Å²) in [5.74, 6) is 0.745. The Morgan fingerprint density at radius 1 is 1.12 bits per heavy atom. The third-order valence-corrected chi connectivity index (χ3v) is 7.12. The number of nitrogens with zero attached hydrogens (tertiary/aromatic N) is 1. The molecule has 7 heteroatoms. The number of aromatic nitrogens is 1. The lowest BCUT2D eigenvalue weighted by Crippen LogP contribution is -2.34. The first-order valence-corrected chi connectivity index (χ1v) is 11.1. The van der Waals surface area contributed by atoms with Crippen LogP contribution in [0.1, 0.15) is 38.5 Å². The molecule has 1 aliphatic carbocycles. The first kappa shape index (κ1) is 17.8. The number of sulfonamides is 1. The molecule has 2 aromatic rings. The third kappa shape index (κ3) is 4.53. The third-order valence-electron chi connectivity index (χ3n) is 4.61. The lowest BCUT2D eigenvalue weighted by atomic mass is 10.0. The summed E-state index contributed by atoms with van der Waals surface area (Å²) in [6.07, 6.45) is 7.98. The molecule has 0 amide bonds. The molecule has 0 spiro atoms. The maximum Gasteiger partial charge on any atom is 0.242 e. The lowest BCUT2D eigenvalue weighted by Gasteiger charge is -2.15. The predicted molar refractivity (Wildman–Crippen MR) is 98.9 cm³/mol. The van der Waals surface area contributed by atoms with Gasteiger partial charge in [0.25, 0.3) is 0 Å². The Kier molecular flexibility index (Phi) is 6.21. The Morgan fingerprint density at radius 3 is 2.71 bits per heavy atom. The van der Waals surface area contributed by atoms with Gasteiger partial charge in [0.1, 0.15) is 4.90 Å². The van der Waals surface area contributed by atoms with Crippen molar-refractivity contribution in [3.05, 3.63) is 23.7 Å².